The van der Waals surface area contributed by atoms with E-state index in [1.165, 1.54) is 11.7 Å². The predicted molar refractivity (Wildman–Crippen MR) is 95.8 cm³/mol. The van der Waals surface area contributed by atoms with Crippen molar-refractivity contribution in [3.63, 3.8) is 0 Å². The third-order valence-corrected chi connectivity index (χ3v) is 3.99. The fourth-order valence-electron chi connectivity index (χ4n) is 2.82. The van der Waals surface area contributed by atoms with Gasteiger partial charge in [-0.3, -0.25) is 9.97 Å². The molecule has 1 N–H and O–H groups in total. The summed E-state index contributed by atoms with van der Waals surface area (Å²) in [6.07, 6.45) is 4.97. The molecule has 0 saturated carbocycles. The Morgan fingerprint density at radius 3 is 2.62 bits per heavy atom. The topological polar surface area (TPSA) is 94.9 Å². The Kier molecular flexibility index (Phi) is 3.85. The number of para-hydroxylation sites is 1. The summed E-state index contributed by atoms with van der Waals surface area (Å²) in [6, 6.07) is 8.96. The molecule has 130 valence electrons. The lowest BCUT2D eigenvalue weighted by molar-refractivity contribution is 0.354. The number of hydrogen-bond acceptors (Lipinski definition) is 6. The van der Waals surface area contributed by atoms with Crippen LogP contribution in [0.2, 0.25) is 0 Å². The van der Waals surface area contributed by atoms with Crippen LogP contribution >= 0.6 is 0 Å². The van der Waals surface area contributed by atoms with Gasteiger partial charge < -0.3 is 9.47 Å². The van der Waals surface area contributed by atoms with Gasteiger partial charge in [0, 0.05) is 18.0 Å². The third-order valence-electron chi connectivity index (χ3n) is 3.99. The highest BCUT2D eigenvalue weighted by molar-refractivity contribution is 5.74. The molecular formula is C18H15N5O3. The number of benzene rings is 1. The number of fused-ring (bicyclic) bond motifs is 1. The van der Waals surface area contributed by atoms with E-state index < -0.39 is 0 Å². The van der Waals surface area contributed by atoms with Crippen molar-refractivity contribution in [3.05, 3.63) is 59.4 Å². The minimum absolute atomic E-state index is 0.363. The molecule has 0 radical (unpaired) electrons. The van der Waals surface area contributed by atoms with Crippen molar-refractivity contribution in [2.24, 2.45) is 0 Å². The van der Waals surface area contributed by atoms with Crippen molar-refractivity contribution in [2.75, 3.05) is 14.2 Å². The van der Waals surface area contributed by atoms with Gasteiger partial charge in [-0.2, -0.15) is 0 Å². The number of aromatic amines is 1. The molecule has 0 unspecified atom stereocenters. The standard InChI is InChI=1S/C18H15N5O3/c1-25-14-5-3-4-13(15(14)26-2)23-17-16(22-18(23)24)21-12(10-20-17)11-6-8-19-9-7-11/h3-10H,1-2H3,(H,21,22,24). The number of ether oxygens (including phenoxy) is 2. The van der Waals surface area contributed by atoms with Gasteiger partial charge in [0.1, 0.15) is 0 Å². The SMILES string of the molecule is COc1cccc(-n2c(=O)[nH]c3nc(-c4ccncc4)cnc32)c1OC. The van der Waals surface area contributed by atoms with E-state index in [2.05, 4.69) is 19.9 Å². The highest BCUT2D eigenvalue weighted by Crippen LogP contribution is 2.33. The number of nitrogens with one attached hydrogen (secondary N) is 1. The zero-order valence-corrected chi connectivity index (χ0v) is 14.1. The summed E-state index contributed by atoms with van der Waals surface area (Å²) in [7, 11) is 3.06. The normalized spacial score (nSPS) is 10.8. The molecule has 8 nitrogen and oxygen atoms in total. The lowest BCUT2D eigenvalue weighted by Crippen LogP contribution is -2.16. The van der Waals surface area contributed by atoms with E-state index in [0.29, 0.717) is 34.2 Å². The second kappa shape index (κ2) is 6.32. The number of aromatic nitrogens is 5. The molecule has 0 aliphatic rings. The molecule has 0 aliphatic carbocycles. The van der Waals surface area contributed by atoms with E-state index in [9.17, 15) is 4.79 Å². The van der Waals surface area contributed by atoms with E-state index in [1.54, 1.807) is 43.9 Å². The van der Waals surface area contributed by atoms with Crippen LogP contribution in [0.25, 0.3) is 28.2 Å². The number of nitrogens with zero attached hydrogens (tertiary/aromatic N) is 4. The molecule has 0 amide bonds. The Morgan fingerprint density at radius 2 is 1.88 bits per heavy atom. The third kappa shape index (κ3) is 2.48. The summed E-state index contributed by atoms with van der Waals surface area (Å²) < 4.78 is 12.2. The maximum absolute atomic E-state index is 12.6. The van der Waals surface area contributed by atoms with E-state index >= 15 is 0 Å². The summed E-state index contributed by atoms with van der Waals surface area (Å²) >= 11 is 0. The first-order valence-corrected chi connectivity index (χ1v) is 7.82. The van der Waals surface area contributed by atoms with Crippen molar-refractivity contribution < 1.29 is 9.47 Å². The van der Waals surface area contributed by atoms with E-state index in [1.807, 2.05) is 12.1 Å². The maximum Gasteiger partial charge on any atom is 0.333 e. The van der Waals surface area contributed by atoms with Gasteiger partial charge in [0.25, 0.3) is 0 Å². The van der Waals surface area contributed by atoms with E-state index in [0.717, 1.165) is 5.56 Å². The largest absolute Gasteiger partial charge is 0.493 e. The maximum atomic E-state index is 12.6. The summed E-state index contributed by atoms with van der Waals surface area (Å²) in [5, 5.41) is 0. The van der Waals surface area contributed by atoms with Crippen LogP contribution in [0.1, 0.15) is 0 Å². The number of methoxy groups -OCH3 is 2. The summed E-state index contributed by atoms with van der Waals surface area (Å²) in [4.78, 5) is 28.3. The van der Waals surface area contributed by atoms with Gasteiger partial charge in [-0.25, -0.2) is 19.3 Å². The molecule has 0 fully saturated rings. The first-order chi connectivity index (χ1) is 12.7. The van der Waals surface area contributed by atoms with Crippen LogP contribution in [-0.4, -0.2) is 38.7 Å². The molecule has 3 heterocycles. The summed E-state index contributed by atoms with van der Waals surface area (Å²) in [6.45, 7) is 0. The minimum Gasteiger partial charge on any atom is -0.493 e. The first-order valence-electron chi connectivity index (χ1n) is 7.82. The molecule has 1 aromatic carbocycles. The number of hydrogen-bond donors (Lipinski definition) is 1. The van der Waals surface area contributed by atoms with Crippen LogP contribution < -0.4 is 15.2 Å². The van der Waals surface area contributed by atoms with Gasteiger partial charge in [0.2, 0.25) is 0 Å². The van der Waals surface area contributed by atoms with E-state index in [4.69, 9.17) is 9.47 Å². The fourth-order valence-corrected chi connectivity index (χ4v) is 2.82. The van der Waals surface area contributed by atoms with Crippen molar-refractivity contribution in [1.82, 2.24) is 24.5 Å². The fraction of sp³-hybridized carbons (Fsp3) is 0.111. The molecule has 3 aromatic heterocycles. The Labute approximate surface area is 148 Å². The predicted octanol–water partition coefficient (Wildman–Crippen LogP) is 2.19. The number of H-pyrrole nitrogens is 1. The lowest BCUT2D eigenvalue weighted by Gasteiger charge is -2.12. The monoisotopic (exact) mass is 349 g/mol. The van der Waals surface area contributed by atoms with Crippen molar-refractivity contribution in [3.8, 4) is 28.4 Å². The Morgan fingerprint density at radius 1 is 1.08 bits per heavy atom. The molecular weight excluding hydrogens is 334 g/mol. The average molecular weight is 349 g/mol. The highest BCUT2D eigenvalue weighted by atomic mass is 16.5. The van der Waals surface area contributed by atoms with Crippen molar-refractivity contribution in [2.45, 2.75) is 0 Å². The number of imidazole rings is 1. The molecule has 4 aromatic rings. The van der Waals surface area contributed by atoms with Gasteiger partial charge >= 0.3 is 5.69 Å². The van der Waals surface area contributed by atoms with Gasteiger partial charge in [-0.05, 0) is 24.3 Å². The zero-order valence-electron chi connectivity index (χ0n) is 14.1. The van der Waals surface area contributed by atoms with Crippen LogP contribution in [-0.2, 0) is 0 Å². The van der Waals surface area contributed by atoms with Crippen molar-refractivity contribution in [1.29, 1.82) is 0 Å². The van der Waals surface area contributed by atoms with Crippen LogP contribution in [0.5, 0.6) is 11.5 Å². The van der Waals surface area contributed by atoms with Crippen LogP contribution in [0.3, 0.4) is 0 Å². The Bertz CT molecular complexity index is 1130. The van der Waals surface area contributed by atoms with Crippen LogP contribution in [0, 0.1) is 0 Å². The van der Waals surface area contributed by atoms with E-state index in [-0.39, 0.29) is 5.69 Å². The summed E-state index contributed by atoms with van der Waals surface area (Å²) in [5.74, 6) is 0.964. The lowest BCUT2D eigenvalue weighted by atomic mass is 10.2. The molecule has 0 spiro atoms. The molecule has 0 aliphatic heterocycles. The van der Waals surface area contributed by atoms with Gasteiger partial charge in [0.05, 0.1) is 31.8 Å². The highest BCUT2D eigenvalue weighted by Gasteiger charge is 2.18. The second-order valence-electron chi connectivity index (χ2n) is 5.44. The smallest absolute Gasteiger partial charge is 0.333 e. The zero-order chi connectivity index (χ0) is 18.1. The van der Waals surface area contributed by atoms with Crippen LogP contribution in [0.4, 0.5) is 0 Å². The molecule has 0 atom stereocenters. The molecule has 26 heavy (non-hydrogen) atoms. The van der Waals surface area contributed by atoms with Gasteiger partial charge in [0.15, 0.2) is 22.8 Å². The Balaban J connectivity index is 1.93. The molecule has 8 heteroatoms. The van der Waals surface area contributed by atoms with Gasteiger partial charge in [-0.15, -0.1) is 0 Å². The molecule has 0 bridgehead atoms. The first kappa shape index (κ1) is 15.8. The average Bonchev–Trinajstić information content (AvgIpc) is 3.02. The van der Waals surface area contributed by atoms with Crippen LogP contribution in [0.15, 0.2) is 53.7 Å². The quantitative estimate of drug-likeness (QED) is 0.607. The Hall–Kier alpha value is -3.68. The second-order valence-corrected chi connectivity index (χ2v) is 5.44. The van der Waals surface area contributed by atoms with Gasteiger partial charge in [-0.1, -0.05) is 6.07 Å². The molecule has 4 rings (SSSR count). The summed E-state index contributed by atoms with van der Waals surface area (Å²) in [5.41, 5.74) is 2.45. The van der Waals surface area contributed by atoms with Crippen molar-refractivity contribution >= 4 is 11.3 Å². The number of rotatable bonds is 4. The molecule has 0 saturated heterocycles. The minimum atomic E-state index is -0.363. The number of pyridine rings is 1.